The van der Waals surface area contributed by atoms with Crippen molar-refractivity contribution in [1.29, 1.82) is 0 Å². The molecule has 1 aliphatic heterocycles. The molecule has 0 spiro atoms. The second kappa shape index (κ2) is 4.68. The molecule has 0 amide bonds. The quantitative estimate of drug-likeness (QED) is 0.605. The zero-order valence-corrected chi connectivity index (χ0v) is 12.1. The molecule has 0 saturated carbocycles. The van der Waals surface area contributed by atoms with Crippen molar-refractivity contribution in [3.05, 3.63) is 15.8 Å². The molecule has 1 aromatic rings. The molecule has 2 heterocycles. The maximum atomic E-state index is 11.5. The minimum absolute atomic E-state index is 0.0170. The largest absolute Gasteiger partial charge is 0.495 e. The van der Waals surface area contributed by atoms with Crippen molar-refractivity contribution in [1.82, 2.24) is 0 Å². The van der Waals surface area contributed by atoms with Crippen molar-refractivity contribution >= 4 is 29.9 Å². The predicted molar refractivity (Wildman–Crippen MR) is 71.5 cm³/mol. The fourth-order valence-electron chi connectivity index (χ4n) is 1.82. The second-order valence-electron chi connectivity index (χ2n) is 4.95. The molecule has 1 unspecified atom stereocenters. The van der Waals surface area contributed by atoms with E-state index in [1.807, 2.05) is 27.7 Å². The number of aryl methyl sites for hydroxylation is 1. The van der Waals surface area contributed by atoms with Crippen LogP contribution in [-0.2, 0) is 14.0 Å². The number of methoxy groups -OCH3 is 1. The first-order valence-corrected chi connectivity index (χ1v) is 6.68. The van der Waals surface area contributed by atoms with Crippen LogP contribution in [0.3, 0.4) is 0 Å². The first-order chi connectivity index (χ1) is 8.35. The Labute approximate surface area is 111 Å². The van der Waals surface area contributed by atoms with Crippen LogP contribution in [-0.4, -0.2) is 31.9 Å². The summed E-state index contributed by atoms with van der Waals surface area (Å²) in [6.45, 7) is 7.94. The highest BCUT2D eigenvalue weighted by Crippen LogP contribution is 2.28. The molecular formula is C12H17BO4S. The Morgan fingerprint density at radius 3 is 2.72 bits per heavy atom. The maximum absolute atomic E-state index is 11.5. The van der Waals surface area contributed by atoms with Gasteiger partial charge in [0.2, 0.25) is 0 Å². The zero-order chi connectivity index (χ0) is 13.5. The third-order valence-corrected chi connectivity index (χ3v) is 4.36. The number of thiophene rings is 1. The number of carbonyl (C=O) groups excluding carboxylic acids is 1. The van der Waals surface area contributed by atoms with Crippen molar-refractivity contribution in [3.8, 4) is 0 Å². The number of carbonyl (C=O) groups is 1. The van der Waals surface area contributed by atoms with E-state index >= 15 is 0 Å². The molecule has 6 heteroatoms. The number of esters is 1. The molecule has 0 radical (unpaired) electrons. The lowest BCUT2D eigenvalue weighted by Crippen LogP contribution is -2.35. The molecule has 1 aromatic heterocycles. The van der Waals surface area contributed by atoms with E-state index in [-0.39, 0.29) is 17.7 Å². The molecule has 0 aliphatic carbocycles. The van der Waals surface area contributed by atoms with Gasteiger partial charge < -0.3 is 14.0 Å². The Morgan fingerprint density at radius 2 is 2.22 bits per heavy atom. The Balaban J connectivity index is 2.25. The van der Waals surface area contributed by atoms with Crippen LogP contribution in [0.4, 0.5) is 0 Å². The van der Waals surface area contributed by atoms with Gasteiger partial charge in [0.25, 0.3) is 0 Å². The Hall–Kier alpha value is -0.845. The highest BCUT2D eigenvalue weighted by molar-refractivity contribution is 7.15. The normalized spacial score (nSPS) is 22.3. The Kier molecular flexibility index (Phi) is 3.53. The lowest BCUT2D eigenvalue weighted by Gasteiger charge is -2.21. The Bertz CT molecular complexity index is 469. The van der Waals surface area contributed by atoms with E-state index in [0.717, 1.165) is 10.3 Å². The van der Waals surface area contributed by atoms with Gasteiger partial charge in [0, 0.05) is 4.88 Å². The van der Waals surface area contributed by atoms with E-state index in [1.165, 1.54) is 18.4 Å². The maximum Gasteiger partial charge on any atom is 0.495 e. The summed E-state index contributed by atoms with van der Waals surface area (Å²) in [4.78, 5) is 13.1. The topological polar surface area (TPSA) is 44.8 Å². The molecule has 1 fully saturated rings. The van der Waals surface area contributed by atoms with Crippen LogP contribution in [0, 0.1) is 6.92 Å². The molecule has 0 bridgehead atoms. The highest BCUT2D eigenvalue weighted by Gasteiger charge is 2.45. The lowest BCUT2D eigenvalue weighted by atomic mass is 9.79. The van der Waals surface area contributed by atoms with Gasteiger partial charge in [-0.05, 0) is 39.2 Å². The predicted octanol–water partition coefficient (Wildman–Crippen LogP) is 1.75. The monoisotopic (exact) mass is 268 g/mol. The summed E-state index contributed by atoms with van der Waals surface area (Å²) in [7, 11) is 0.981. The summed E-state index contributed by atoms with van der Waals surface area (Å²) in [5, 5.41) is 0. The van der Waals surface area contributed by atoms with E-state index in [0.29, 0.717) is 4.88 Å². The fourth-order valence-corrected chi connectivity index (χ4v) is 2.77. The van der Waals surface area contributed by atoms with Gasteiger partial charge in [-0.15, -0.1) is 11.3 Å². The summed E-state index contributed by atoms with van der Waals surface area (Å²) >= 11 is 1.40. The van der Waals surface area contributed by atoms with Gasteiger partial charge in [0.1, 0.15) is 4.88 Å². The number of hydrogen-bond acceptors (Lipinski definition) is 5. The van der Waals surface area contributed by atoms with Gasteiger partial charge >= 0.3 is 13.1 Å². The van der Waals surface area contributed by atoms with Gasteiger partial charge in [0.05, 0.1) is 18.8 Å². The van der Waals surface area contributed by atoms with Gasteiger partial charge in [-0.25, -0.2) is 4.79 Å². The van der Waals surface area contributed by atoms with Crippen LogP contribution < -0.4 is 5.46 Å². The first kappa shape index (κ1) is 13.6. The van der Waals surface area contributed by atoms with Crippen LogP contribution in [0.25, 0.3) is 0 Å². The average molecular weight is 268 g/mol. The van der Waals surface area contributed by atoms with Crippen molar-refractivity contribution in [2.75, 3.05) is 7.11 Å². The van der Waals surface area contributed by atoms with Crippen LogP contribution in [0.2, 0.25) is 0 Å². The summed E-state index contributed by atoms with van der Waals surface area (Å²) in [6.07, 6.45) is 0.0170. The average Bonchev–Trinajstić information content (AvgIpc) is 2.79. The molecule has 0 N–H and O–H groups in total. The lowest BCUT2D eigenvalue weighted by molar-refractivity contribution is 0.0606. The fraction of sp³-hybridized carbons (Fsp3) is 0.583. The van der Waals surface area contributed by atoms with Gasteiger partial charge in [0.15, 0.2) is 0 Å². The highest BCUT2D eigenvalue weighted by atomic mass is 32.1. The third kappa shape index (κ3) is 2.32. The van der Waals surface area contributed by atoms with Crippen molar-refractivity contribution < 1.29 is 18.8 Å². The van der Waals surface area contributed by atoms with E-state index in [1.54, 1.807) is 6.07 Å². The molecule has 4 nitrogen and oxygen atoms in total. The van der Waals surface area contributed by atoms with E-state index in [9.17, 15) is 4.79 Å². The van der Waals surface area contributed by atoms with Crippen molar-refractivity contribution in [2.45, 2.75) is 39.4 Å². The van der Waals surface area contributed by atoms with E-state index in [2.05, 4.69) is 0 Å². The Morgan fingerprint density at radius 1 is 1.56 bits per heavy atom. The van der Waals surface area contributed by atoms with Gasteiger partial charge in [-0.3, -0.25) is 0 Å². The second-order valence-corrected chi connectivity index (χ2v) is 6.20. The third-order valence-electron chi connectivity index (χ3n) is 3.31. The van der Waals surface area contributed by atoms with Gasteiger partial charge in [-0.1, -0.05) is 0 Å². The minimum Gasteiger partial charge on any atom is -0.465 e. The first-order valence-electron chi connectivity index (χ1n) is 5.87. The molecule has 0 aromatic carbocycles. The summed E-state index contributed by atoms with van der Waals surface area (Å²) in [5.41, 5.74) is 0.600. The zero-order valence-electron chi connectivity index (χ0n) is 11.3. The SMILES string of the molecule is COC(=O)c1cc(B2OC(C)C(C)(C)O2)c(C)s1. The van der Waals surface area contributed by atoms with Crippen LogP contribution in [0.5, 0.6) is 0 Å². The number of hydrogen-bond donors (Lipinski definition) is 0. The van der Waals surface area contributed by atoms with Crippen LogP contribution in [0.15, 0.2) is 6.07 Å². The molecule has 18 heavy (non-hydrogen) atoms. The van der Waals surface area contributed by atoms with Gasteiger partial charge in [-0.2, -0.15) is 0 Å². The van der Waals surface area contributed by atoms with Crippen LogP contribution >= 0.6 is 11.3 Å². The summed E-state index contributed by atoms with van der Waals surface area (Å²) in [6, 6.07) is 1.80. The molecule has 98 valence electrons. The number of ether oxygens (including phenoxy) is 1. The molecular weight excluding hydrogens is 251 g/mol. The molecule has 1 aliphatic rings. The number of rotatable bonds is 2. The van der Waals surface area contributed by atoms with E-state index in [4.69, 9.17) is 14.0 Å². The van der Waals surface area contributed by atoms with Crippen LogP contribution in [0.1, 0.15) is 35.3 Å². The molecule has 2 rings (SSSR count). The van der Waals surface area contributed by atoms with Crippen molar-refractivity contribution in [2.24, 2.45) is 0 Å². The summed E-state index contributed by atoms with van der Waals surface area (Å²) < 4.78 is 16.4. The summed E-state index contributed by atoms with van der Waals surface area (Å²) in [5.74, 6) is -0.320. The molecule has 1 atom stereocenters. The smallest absolute Gasteiger partial charge is 0.465 e. The standard InChI is InChI=1S/C12H17BO4S/c1-7-9(6-10(18-7)11(14)15-5)13-16-8(2)12(3,4)17-13/h6,8H,1-5H3. The molecule has 1 saturated heterocycles. The van der Waals surface area contributed by atoms with E-state index < -0.39 is 7.12 Å². The van der Waals surface area contributed by atoms with Crippen molar-refractivity contribution in [3.63, 3.8) is 0 Å². The minimum atomic E-state index is -0.398.